The fourth-order valence-corrected chi connectivity index (χ4v) is 2.89. The molecular formula is C17H16FNO. The number of fused-ring (bicyclic) bond motifs is 1. The summed E-state index contributed by atoms with van der Waals surface area (Å²) in [5.74, 6) is -0.348. The molecule has 2 aromatic rings. The van der Waals surface area contributed by atoms with Crippen molar-refractivity contribution in [2.75, 3.05) is 11.4 Å². The molecule has 0 N–H and O–H groups in total. The first kappa shape index (κ1) is 12.9. The molecule has 0 aliphatic carbocycles. The van der Waals surface area contributed by atoms with Gasteiger partial charge in [0.1, 0.15) is 5.82 Å². The number of rotatable bonds is 3. The van der Waals surface area contributed by atoms with Gasteiger partial charge in [-0.1, -0.05) is 30.3 Å². The number of anilines is 1. The van der Waals surface area contributed by atoms with Gasteiger partial charge in [0.05, 0.1) is 5.92 Å². The van der Waals surface area contributed by atoms with E-state index in [1.807, 2.05) is 37.3 Å². The second kappa shape index (κ2) is 5.08. The third-order valence-corrected chi connectivity index (χ3v) is 3.81. The van der Waals surface area contributed by atoms with Crippen LogP contribution in [0.15, 0.2) is 48.5 Å². The Hall–Kier alpha value is -2.16. The molecule has 102 valence electrons. The van der Waals surface area contributed by atoms with Crippen LogP contribution in [0.3, 0.4) is 0 Å². The van der Waals surface area contributed by atoms with E-state index in [1.165, 1.54) is 12.1 Å². The van der Waals surface area contributed by atoms with Crippen LogP contribution in [0.5, 0.6) is 0 Å². The van der Waals surface area contributed by atoms with E-state index in [1.54, 1.807) is 11.0 Å². The first-order valence-electron chi connectivity index (χ1n) is 6.85. The van der Waals surface area contributed by atoms with Crippen molar-refractivity contribution in [3.05, 3.63) is 65.5 Å². The number of benzene rings is 2. The molecule has 0 bridgehead atoms. The smallest absolute Gasteiger partial charge is 0.234 e. The van der Waals surface area contributed by atoms with Gasteiger partial charge in [-0.05, 0) is 42.7 Å². The van der Waals surface area contributed by atoms with Crippen molar-refractivity contribution in [2.45, 2.75) is 19.3 Å². The Morgan fingerprint density at radius 3 is 2.70 bits per heavy atom. The minimum atomic E-state index is -0.256. The summed E-state index contributed by atoms with van der Waals surface area (Å²) in [6.45, 7) is 2.63. The van der Waals surface area contributed by atoms with Crippen molar-refractivity contribution < 1.29 is 9.18 Å². The van der Waals surface area contributed by atoms with Gasteiger partial charge in [-0.2, -0.15) is 0 Å². The van der Waals surface area contributed by atoms with Crippen molar-refractivity contribution in [1.29, 1.82) is 0 Å². The van der Waals surface area contributed by atoms with Crippen molar-refractivity contribution in [1.82, 2.24) is 0 Å². The van der Waals surface area contributed by atoms with Crippen LogP contribution in [0.25, 0.3) is 0 Å². The van der Waals surface area contributed by atoms with Crippen LogP contribution >= 0.6 is 0 Å². The zero-order chi connectivity index (χ0) is 14.1. The molecule has 2 nitrogen and oxygen atoms in total. The molecule has 1 aliphatic rings. The fourth-order valence-electron chi connectivity index (χ4n) is 2.89. The van der Waals surface area contributed by atoms with Gasteiger partial charge in [-0.15, -0.1) is 0 Å². The topological polar surface area (TPSA) is 20.3 Å². The van der Waals surface area contributed by atoms with Crippen LogP contribution in [0.2, 0.25) is 0 Å². The van der Waals surface area contributed by atoms with Gasteiger partial charge in [0.25, 0.3) is 0 Å². The molecule has 1 atom stereocenters. The quantitative estimate of drug-likeness (QED) is 0.835. The minimum absolute atomic E-state index is 0.109. The van der Waals surface area contributed by atoms with Crippen molar-refractivity contribution in [3.8, 4) is 0 Å². The average molecular weight is 269 g/mol. The maximum absolute atomic E-state index is 13.3. The monoisotopic (exact) mass is 269 g/mol. The SMILES string of the molecule is CCN1C(=O)[C@@H](Cc2cccc(F)c2)c2ccccc21. The summed E-state index contributed by atoms with van der Waals surface area (Å²) in [6.07, 6.45) is 0.546. The van der Waals surface area contributed by atoms with Crippen molar-refractivity contribution in [2.24, 2.45) is 0 Å². The Kier molecular flexibility index (Phi) is 3.26. The van der Waals surface area contributed by atoms with Crippen molar-refractivity contribution >= 4 is 11.6 Å². The highest BCUT2D eigenvalue weighted by atomic mass is 19.1. The van der Waals surface area contributed by atoms with Crippen molar-refractivity contribution in [3.63, 3.8) is 0 Å². The molecule has 1 aliphatic heterocycles. The summed E-state index contributed by atoms with van der Waals surface area (Å²) >= 11 is 0. The minimum Gasteiger partial charge on any atom is -0.312 e. The number of nitrogens with zero attached hydrogens (tertiary/aromatic N) is 1. The molecule has 1 amide bonds. The Morgan fingerprint density at radius 1 is 1.15 bits per heavy atom. The summed E-state index contributed by atoms with van der Waals surface area (Å²) < 4.78 is 13.3. The zero-order valence-corrected chi connectivity index (χ0v) is 11.3. The van der Waals surface area contributed by atoms with Gasteiger partial charge in [0.15, 0.2) is 0 Å². The molecule has 0 saturated heterocycles. The van der Waals surface area contributed by atoms with E-state index in [0.29, 0.717) is 13.0 Å². The van der Waals surface area contributed by atoms with Gasteiger partial charge in [0.2, 0.25) is 5.91 Å². The maximum atomic E-state index is 13.3. The number of para-hydroxylation sites is 1. The second-order valence-corrected chi connectivity index (χ2v) is 5.03. The molecule has 3 rings (SSSR count). The lowest BCUT2D eigenvalue weighted by Crippen LogP contribution is -2.29. The molecule has 0 aromatic heterocycles. The highest BCUT2D eigenvalue weighted by molar-refractivity contribution is 6.05. The van der Waals surface area contributed by atoms with Gasteiger partial charge in [-0.25, -0.2) is 4.39 Å². The van der Waals surface area contributed by atoms with E-state index in [2.05, 4.69) is 0 Å². The molecule has 0 unspecified atom stereocenters. The van der Waals surface area contributed by atoms with E-state index in [9.17, 15) is 9.18 Å². The van der Waals surface area contributed by atoms with Crippen LogP contribution in [-0.2, 0) is 11.2 Å². The third-order valence-electron chi connectivity index (χ3n) is 3.81. The van der Waals surface area contributed by atoms with Crippen LogP contribution in [0.1, 0.15) is 24.0 Å². The largest absolute Gasteiger partial charge is 0.312 e. The zero-order valence-electron chi connectivity index (χ0n) is 11.3. The normalized spacial score (nSPS) is 17.4. The van der Waals surface area contributed by atoms with Crippen LogP contribution in [0.4, 0.5) is 10.1 Å². The summed E-state index contributed by atoms with van der Waals surface area (Å²) in [6, 6.07) is 14.3. The average Bonchev–Trinajstić information content (AvgIpc) is 2.72. The lowest BCUT2D eigenvalue weighted by Gasteiger charge is -2.15. The number of carbonyl (C=O) groups excluding carboxylic acids is 1. The maximum Gasteiger partial charge on any atom is 0.234 e. The number of hydrogen-bond acceptors (Lipinski definition) is 1. The predicted molar refractivity (Wildman–Crippen MR) is 77.3 cm³/mol. The standard InChI is InChI=1S/C17H16FNO/c1-2-19-16-9-4-3-8-14(16)15(17(19)20)11-12-6-5-7-13(18)10-12/h3-10,15H,2,11H2,1H3/t15-/m0/s1. The van der Waals surface area contributed by atoms with Gasteiger partial charge < -0.3 is 4.90 Å². The molecule has 20 heavy (non-hydrogen) atoms. The highest BCUT2D eigenvalue weighted by Gasteiger charge is 2.35. The number of amides is 1. The van der Waals surface area contributed by atoms with Gasteiger partial charge in [0, 0.05) is 12.2 Å². The van der Waals surface area contributed by atoms with E-state index in [-0.39, 0.29) is 17.6 Å². The van der Waals surface area contributed by atoms with Crippen LogP contribution in [0, 0.1) is 5.82 Å². The molecule has 0 saturated carbocycles. The van der Waals surface area contributed by atoms with E-state index >= 15 is 0 Å². The third kappa shape index (κ3) is 2.09. The number of hydrogen-bond donors (Lipinski definition) is 0. The Balaban J connectivity index is 1.96. The number of likely N-dealkylation sites (N-methyl/N-ethyl adjacent to an activating group) is 1. The summed E-state index contributed by atoms with van der Waals surface area (Å²) in [5, 5.41) is 0. The lowest BCUT2D eigenvalue weighted by atomic mass is 9.93. The molecular weight excluding hydrogens is 253 g/mol. The second-order valence-electron chi connectivity index (χ2n) is 5.03. The molecule has 3 heteroatoms. The first-order valence-corrected chi connectivity index (χ1v) is 6.85. The molecule has 1 heterocycles. The first-order chi connectivity index (χ1) is 9.70. The fraction of sp³-hybridized carbons (Fsp3) is 0.235. The van der Waals surface area contributed by atoms with E-state index in [4.69, 9.17) is 0 Å². The summed E-state index contributed by atoms with van der Waals surface area (Å²) in [7, 11) is 0. The Labute approximate surface area is 117 Å². The Bertz CT molecular complexity index is 653. The van der Waals surface area contributed by atoms with Crippen LogP contribution < -0.4 is 4.90 Å². The molecule has 0 spiro atoms. The van der Waals surface area contributed by atoms with Crippen LogP contribution in [-0.4, -0.2) is 12.5 Å². The molecule has 0 radical (unpaired) electrons. The van der Waals surface area contributed by atoms with E-state index in [0.717, 1.165) is 16.8 Å². The van der Waals surface area contributed by atoms with E-state index < -0.39 is 0 Å². The summed E-state index contributed by atoms with van der Waals surface area (Å²) in [5.41, 5.74) is 2.89. The molecule has 0 fully saturated rings. The predicted octanol–water partition coefficient (Wildman–Crippen LogP) is 3.52. The Morgan fingerprint density at radius 2 is 1.95 bits per heavy atom. The number of carbonyl (C=O) groups is 1. The van der Waals surface area contributed by atoms with Gasteiger partial charge >= 0.3 is 0 Å². The van der Waals surface area contributed by atoms with Gasteiger partial charge in [-0.3, -0.25) is 4.79 Å². The highest BCUT2D eigenvalue weighted by Crippen LogP contribution is 2.38. The molecule has 2 aromatic carbocycles. The summed E-state index contributed by atoms with van der Waals surface area (Å²) in [4.78, 5) is 14.3. The number of halogens is 1. The lowest BCUT2D eigenvalue weighted by molar-refractivity contribution is -0.119.